The van der Waals surface area contributed by atoms with Gasteiger partial charge in [-0.05, 0) is 43.2 Å². The van der Waals surface area contributed by atoms with Crippen molar-refractivity contribution >= 4 is 11.8 Å². The average Bonchev–Trinajstić information content (AvgIpc) is 2.53. The third-order valence-electron chi connectivity index (χ3n) is 3.44. The summed E-state index contributed by atoms with van der Waals surface area (Å²) in [7, 11) is 1.61. The van der Waals surface area contributed by atoms with E-state index >= 15 is 0 Å². The van der Waals surface area contributed by atoms with E-state index in [9.17, 15) is 9.59 Å². The average molecular weight is 312 g/mol. The van der Waals surface area contributed by atoms with E-state index in [1.807, 2.05) is 38.1 Å². The molecule has 0 bridgehead atoms. The van der Waals surface area contributed by atoms with Gasteiger partial charge in [0.05, 0.1) is 6.61 Å². The van der Waals surface area contributed by atoms with Crippen LogP contribution in [-0.2, 0) is 11.3 Å². The largest absolute Gasteiger partial charge is 0.380 e. The SMILES string of the molecule is COCc1ccc(C(=O)NNC(=O)c2ccc(C)cc2C)cc1. The first-order valence-corrected chi connectivity index (χ1v) is 7.27. The fourth-order valence-electron chi connectivity index (χ4n) is 2.24. The number of ether oxygens (including phenoxy) is 1. The van der Waals surface area contributed by atoms with Crippen LogP contribution in [0.2, 0.25) is 0 Å². The van der Waals surface area contributed by atoms with Gasteiger partial charge in [0, 0.05) is 18.2 Å². The number of hydrazine groups is 1. The van der Waals surface area contributed by atoms with Gasteiger partial charge < -0.3 is 4.74 Å². The second-order valence-corrected chi connectivity index (χ2v) is 5.36. The molecule has 2 aromatic carbocycles. The third kappa shape index (κ3) is 4.40. The van der Waals surface area contributed by atoms with Gasteiger partial charge in [0.1, 0.15) is 0 Å². The topological polar surface area (TPSA) is 67.4 Å². The van der Waals surface area contributed by atoms with Crippen LogP contribution >= 0.6 is 0 Å². The molecule has 0 fully saturated rings. The highest BCUT2D eigenvalue weighted by molar-refractivity contribution is 5.99. The fourth-order valence-corrected chi connectivity index (χ4v) is 2.24. The molecule has 23 heavy (non-hydrogen) atoms. The van der Waals surface area contributed by atoms with E-state index in [1.165, 1.54) is 0 Å². The number of rotatable bonds is 4. The number of benzene rings is 2. The number of hydrogen-bond acceptors (Lipinski definition) is 3. The number of carbonyl (C=O) groups is 2. The maximum atomic E-state index is 12.1. The zero-order valence-electron chi connectivity index (χ0n) is 13.5. The maximum Gasteiger partial charge on any atom is 0.269 e. The molecule has 0 aliphatic carbocycles. The van der Waals surface area contributed by atoms with E-state index in [2.05, 4.69) is 10.9 Å². The lowest BCUT2D eigenvalue weighted by atomic mass is 10.1. The van der Waals surface area contributed by atoms with Gasteiger partial charge >= 0.3 is 0 Å². The first kappa shape index (κ1) is 16.7. The second-order valence-electron chi connectivity index (χ2n) is 5.36. The summed E-state index contributed by atoms with van der Waals surface area (Å²) in [5.41, 5.74) is 8.77. The van der Waals surface area contributed by atoms with E-state index in [0.717, 1.165) is 16.7 Å². The van der Waals surface area contributed by atoms with Crippen LogP contribution in [0, 0.1) is 13.8 Å². The zero-order chi connectivity index (χ0) is 16.8. The quantitative estimate of drug-likeness (QED) is 0.853. The molecule has 0 heterocycles. The number of amides is 2. The fraction of sp³-hybridized carbons (Fsp3) is 0.222. The lowest BCUT2D eigenvalue weighted by molar-refractivity contribution is 0.0846. The van der Waals surface area contributed by atoms with Gasteiger partial charge in [0.15, 0.2) is 0 Å². The Hall–Kier alpha value is -2.66. The molecule has 0 radical (unpaired) electrons. The van der Waals surface area contributed by atoms with E-state index in [0.29, 0.717) is 17.7 Å². The molecule has 120 valence electrons. The molecule has 0 spiro atoms. The number of nitrogens with one attached hydrogen (secondary N) is 2. The molecule has 0 aliphatic heterocycles. The van der Waals surface area contributed by atoms with Gasteiger partial charge in [-0.1, -0.05) is 29.8 Å². The van der Waals surface area contributed by atoms with Crippen LogP contribution in [0.3, 0.4) is 0 Å². The van der Waals surface area contributed by atoms with Gasteiger partial charge in [-0.2, -0.15) is 0 Å². The lowest BCUT2D eigenvalue weighted by Crippen LogP contribution is -2.41. The van der Waals surface area contributed by atoms with Gasteiger partial charge in [0.25, 0.3) is 11.8 Å². The van der Waals surface area contributed by atoms with Crippen molar-refractivity contribution in [3.05, 3.63) is 70.3 Å². The Morgan fingerprint density at radius 2 is 1.61 bits per heavy atom. The molecule has 0 unspecified atom stereocenters. The lowest BCUT2D eigenvalue weighted by Gasteiger charge is -2.10. The van der Waals surface area contributed by atoms with Crippen molar-refractivity contribution in [3.63, 3.8) is 0 Å². The first-order valence-electron chi connectivity index (χ1n) is 7.27. The van der Waals surface area contributed by atoms with Gasteiger partial charge in [-0.3, -0.25) is 20.4 Å². The van der Waals surface area contributed by atoms with Crippen molar-refractivity contribution < 1.29 is 14.3 Å². The Bertz CT molecular complexity index is 709. The van der Waals surface area contributed by atoms with Crippen molar-refractivity contribution in [2.24, 2.45) is 0 Å². The summed E-state index contributed by atoms with van der Waals surface area (Å²) < 4.78 is 5.02. The highest BCUT2D eigenvalue weighted by Crippen LogP contribution is 2.10. The third-order valence-corrected chi connectivity index (χ3v) is 3.44. The Morgan fingerprint density at radius 3 is 2.22 bits per heavy atom. The van der Waals surface area contributed by atoms with Crippen molar-refractivity contribution in [3.8, 4) is 0 Å². The molecule has 0 saturated carbocycles. The highest BCUT2D eigenvalue weighted by atomic mass is 16.5. The Kier molecular flexibility index (Phi) is 5.49. The summed E-state index contributed by atoms with van der Waals surface area (Å²) >= 11 is 0. The molecule has 2 N–H and O–H groups in total. The maximum absolute atomic E-state index is 12.1. The van der Waals surface area contributed by atoms with Crippen LogP contribution in [0.4, 0.5) is 0 Å². The molecule has 2 aromatic rings. The second kappa shape index (κ2) is 7.56. The van der Waals surface area contributed by atoms with Crippen LogP contribution in [0.5, 0.6) is 0 Å². The van der Waals surface area contributed by atoms with E-state index in [4.69, 9.17) is 4.74 Å². The highest BCUT2D eigenvalue weighted by Gasteiger charge is 2.11. The summed E-state index contributed by atoms with van der Waals surface area (Å²) in [6.45, 7) is 4.31. The summed E-state index contributed by atoms with van der Waals surface area (Å²) in [6.07, 6.45) is 0. The van der Waals surface area contributed by atoms with Gasteiger partial charge in [-0.15, -0.1) is 0 Å². The first-order chi connectivity index (χ1) is 11.0. The molecular formula is C18H20N2O3. The van der Waals surface area contributed by atoms with Crippen molar-refractivity contribution in [1.82, 2.24) is 10.9 Å². The number of aryl methyl sites for hydroxylation is 2. The van der Waals surface area contributed by atoms with Crippen LogP contribution in [-0.4, -0.2) is 18.9 Å². The standard InChI is InChI=1S/C18H20N2O3/c1-12-4-9-16(13(2)10-12)18(22)20-19-17(21)15-7-5-14(6-8-15)11-23-3/h4-10H,11H2,1-3H3,(H,19,21)(H,20,22). The minimum Gasteiger partial charge on any atom is -0.380 e. The van der Waals surface area contributed by atoms with Crippen molar-refractivity contribution in [2.75, 3.05) is 7.11 Å². The van der Waals surface area contributed by atoms with Crippen LogP contribution < -0.4 is 10.9 Å². The van der Waals surface area contributed by atoms with E-state index in [1.54, 1.807) is 25.3 Å². The number of carbonyl (C=O) groups excluding carboxylic acids is 2. The molecule has 0 aliphatic rings. The molecule has 2 amide bonds. The molecule has 2 rings (SSSR count). The predicted molar refractivity (Wildman–Crippen MR) is 88.0 cm³/mol. The Balaban J connectivity index is 1.96. The minimum absolute atomic E-state index is 0.341. The molecule has 0 saturated heterocycles. The van der Waals surface area contributed by atoms with Crippen molar-refractivity contribution in [1.29, 1.82) is 0 Å². The predicted octanol–water partition coefficient (Wildman–Crippen LogP) is 2.52. The van der Waals surface area contributed by atoms with E-state index in [-0.39, 0.29) is 11.8 Å². The Labute approximate surface area is 135 Å². The van der Waals surface area contributed by atoms with Gasteiger partial charge in [-0.25, -0.2) is 0 Å². The van der Waals surface area contributed by atoms with Crippen LogP contribution in [0.1, 0.15) is 37.4 Å². The number of methoxy groups -OCH3 is 1. The van der Waals surface area contributed by atoms with Crippen LogP contribution in [0.15, 0.2) is 42.5 Å². The summed E-state index contributed by atoms with van der Waals surface area (Å²) in [4.78, 5) is 24.1. The smallest absolute Gasteiger partial charge is 0.269 e. The molecule has 5 heteroatoms. The monoisotopic (exact) mass is 312 g/mol. The summed E-state index contributed by atoms with van der Waals surface area (Å²) in [6, 6.07) is 12.5. The summed E-state index contributed by atoms with van der Waals surface area (Å²) in [5.74, 6) is -0.709. The molecule has 5 nitrogen and oxygen atoms in total. The molecule has 0 aromatic heterocycles. The van der Waals surface area contributed by atoms with E-state index < -0.39 is 0 Å². The summed E-state index contributed by atoms with van der Waals surface area (Å²) in [5, 5.41) is 0. The molecule has 0 atom stereocenters. The van der Waals surface area contributed by atoms with Crippen molar-refractivity contribution in [2.45, 2.75) is 20.5 Å². The minimum atomic E-state index is -0.368. The number of hydrogen-bond donors (Lipinski definition) is 2. The van der Waals surface area contributed by atoms with Crippen LogP contribution in [0.25, 0.3) is 0 Å². The zero-order valence-corrected chi connectivity index (χ0v) is 13.5. The van der Waals surface area contributed by atoms with Gasteiger partial charge in [0.2, 0.25) is 0 Å². The molecular weight excluding hydrogens is 292 g/mol. The Morgan fingerprint density at radius 1 is 0.957 bits per heavy atom. The normalized spacial score (nSPS) is 10.2.